The van der Waals surface area contributed by atoms with Crippen LogP contribution >= 0.6 is 0 Å². The molecule has 0 spiro atoms. The molecule has 6 N–H and O–H groups in total. The van der Waals surface area contributed by atoms with E-state index in [9.17, 15) is 0 Å². The maximum atomic E-state index is 5.37. The van der Waals surface area contributed by atoms with Crippen LogP contribution in [0.15, 0.2) is 0 Å². The molecule has 0 unspecified atom stereocenters. The second kappa shape index (κ2) is 12.7. The molecule has 0 aromatic rings. The largest absolute Gasteiger partial charge is 0.329 e. The Hall–Kier alpha value is -0.280. The summed E-state index contributed by atoms with van der Waals surface area (Å²) >= 11 is 0. The summed E-state index contributed by atoms with van der Waals surface area (Å²) in [5, 5.41) is 13.4. The van der Waals surface area contributed by atoms with Crippen molar-refractivity contribution in [2.45, 2.75) is 19.1 Å². The third kappa shape index (κ3) is 12.5. The van der Waals surface area contributed by atoms with Gasteiger partial charge in [-0.25, -0.2) is 0 Å². The van der Waals surface area contributed by atoms with E-state index in [1.807, 2.05) is 0 Å². The Bertz CT molecular complexity index is 193. The summed E-state index contributed by atoms with van der Waals surface area (Å²) in [6, 6.07) is 0. The predicted octanol–water partition coefficient (Wildman–Crippen LogP) is -1.63. The first-order valence-corrected chi connectivity index (χ1v) is 7.28. The minimum absolute atomic E-state index is 0.0744. The van der Waals surface area contributed by atoms with Gasteiger partial charge in [0.2, 0.25) is 6.29 Å². The van der Waals surface area contributed by atoms with Crippen LogP contribution in [0, 0.1) is 0 Å². The van der Waals surface area contributed by atoms with Crippen molar-refractivity contribution >= 4 is 0 Å². The Labute approximate surface area is 115 Å². The van der Waals surface area contributed by atoms with Crippen LogP contribution in [0.25, 0.3) is 0 Å². The van der Waals surface area contributed by atoms with Gasteiger partial charge < -0.3 is 27.0 Å². The fourth-order valence-electron chi connectivity index (χ4n) is 1.66. The summed E-state index contributed by atoms with van der Waals surface area (Å²) in [5.41, 5.74) is 5.37. The van der Waals surface area contributed by atoms with Gasteiger partial charge in [-0.3, -0.25) is 0 Å². The molecule has 7 heteroatoms. The highest BCUT2D eigenvalue weighted by atomic mass is 17.4. The lowest BCUT2D eigenvalue weighted by atomic mass is 10.3. The number of rotatable bonds is 15. The molecule has 7 nitrogen and oxygen atoms in total. The molecule has 0 aromatic heterocycles. The van der Waals surface area contributed by atoms with Crippen molar-refractivity contribution in [1.29, 1.82) is 0 Å². The first-order chi connectivity index (χ1) is 9.43. The molecule has 0 aromatic carbocycles. The van der Waals surface area contributed by atoms with E-state index in [-0.39, 0.29) is 6.29 Å². The van der Waals surface area contributed by atoms with Crippen LogP contribution in [0.2, 0.25) is 0 Å². The van der Waals surface area contributed by atoms with Crippen molar-refractivity contribution in [3.8, 4) is 0 Å². The van der Waals surface area contributed by atoms with E-state index in [0.29, 0.717) is 6.54 Å². The third-order valence-corrected chi connectivity index (χ3v) is 2.78. The molecule has 0 saturated carbocycles. The Morgan fingerprint density at radius 3 is 1.63 bits per heavy atom. The SMILES string of the molecule is NCCNCCNCCNCCNCCCC1OO1. The molecule has 1 saturated heterocycles. The molecule has 1 aliphatic rings. The summed E-state index contributed by atoms with van der Waals surface area (Å²) in [5.74, 6) is 0. The molecule has 0 atom stereocenters. The molecule has 1 aliphatic heterocycles. The average molecular weight is 275 g/mol. The molecular weight excluding hydrogens is 246 g/mol. The summed E-state index contributed by atoms with van der Waals surface area (Å²) in [6.45, 7) is 8.60. The lowest BCUT2D eigenvalue weighted by Gasteiger charge is -2.08. The second-order valence-corrected chi connectivity index (χ2v) is 4.55. The van der Waals surface area contributed by atoms with E-state index in [1.165, 1.54) is 0 Å². The van der Waals surface area contributed by atoms with Gasteiger partial charge in [0.05, 0.1) is 0 Å². The van der Waals surface area contributed by atoms with E-state index in [0.717, 1.165) is 65.2 Å². The molecule has 19 heavy (non-hydrogen) atoms. The van der Waals surface area contributed by atoms with Crippen LogP contribution in [-0.2, 0) is 9.78 Å². The molecule has 0 amide bonds. The van der Waals surface area contributed by atoms with Crippen LogP contribution in [0.4, 0.5) is 0 Å². The van der Waals surface area contributed by atoms with E-state index in [4.69, 9.17) is 5.73 Å². The van der Waals surface area contributed by atoms with Crippen molar-refractivity contribution in [2.24, 2.45) is 5.73 Å². The molecule has 1 fully saturated rings. The Kier molecular flexibility index (Phi) is 11.2. The standard InChI is InChI=1S/C12H29N5O2/c13-3-5-15-7-9-17-11-10-16-8-6-14-4-1-2-12-18-19-12/h12,14-17H,1-11,13H2. The highest BCUT2D eigenvalue weighted by Crippen LogP contribution is 2.16. The fraction of sp³-hybridized carbons (Fsp3) is 1.00. The number of hydrogen-bond acceptors (Lipinski definition) is 7. The predicted molar refractivity (Wildman–Crippen MR) is 75.7 cm³/mol. The van der Waals surface area contributed by atoms with Crippen LogP contribution in [0.1, 0.15) is 12.8 Å². The number of hydrogen-bond donors (Lipinski definition) is 5. The molecule has 0 bridgehead atoms. The zero-order valence-electron chi connectivity index (χ0n) is 11.7. The molecule has 1 heterocycles. The van der Waals surface area contributed by atoms with Gasteiger partial charge in [0.25, 0.3) is 0 Å². The van der Waals surface area contributed by atoms with E-state index >= 15 is 0 Å². The van der Waals surface area contributed by atoms with Gasteiger partial charge in [-0.05, 0) is 13.0 Å². The van der Waals surface area contributed by atoms with Crippen molar-refractivity contribution in [2.75, 3.05) is 58.9 Å². The lowest BCUT2D eigenvalue weighted by Crippen LogP contribution is -2.36. The third-order valence-electron chi connectivity index (χ3n) is 2.78. The molecule has 1 rings (SSSR count). The Morgan fingerprint density at radius 1 is 0.684 bits per heavy atom. The van der Waals surface area contributed by atoms with Crippen molar-refractivity contribution in [3.63, 3.8) is 0 Å². The van der Waals surface area contributed by atoms with Gasteiger partial charge in [0.15, 0.2) is 0 Å². The minimum atomic E-state index is 0.0744. The van der Waals surface area contributed by atoms with Gasteiger partial charge in [-0.15, -0.1) is 0 Å². The normalized spacial score (nSPS) is 15.0. The zero-order valence-corrected chi connectivity index (χ0v) is 11.7. The fourth-order valence-corrected chi connectivity index (χ4v) is 1.66. The van der Waals surface area contributed by atoms with Crippen LogP contribution in [0.3, 0.4) is 0 Å². The van der Waals surface area contributed by atoms with Crippen LogP contribution in [0.5, 0.6) is 0 Å². The van der Waals surface area contributed by atoms with Crippen molar-refractivity contribution in [1.82, 2.24) is 21.3 Å². The van der Waals surface area contributed by atoms with E-state index < -0.39 is 0 Å². The average Bonchev–Trinajstić information content (AvgIpc) is 3.23. The summed E-state index contributed by atoms with van der Waals surface area (Å²) < 4.78 is 0. The molecule has 0 radical (unpaired) electrons. The topological polar surface area (TPSA) is 99.2 Å². The number of nitrogens with one attached hydrogen (secondary N) is 4. The molecule has 0 aliphatic carbocycles. The van der Waals surface area contributed by atoms with E-state index in [1.54, 1.807) is 0 Å². The lowest BCUT2D eigenvalue weighted by molar-refractivity contribution is 0.0850. The summed E-state index contributed by atoms with van der Waals surface area (Å²) in [6.07, 6.45) is 2.16. The first kappa shape index (κ1) is 16.8. The highest BCUT2D eigenvalue weighted by Gasteiger charge is 2.24. The summed E-state index contributed by atoms with van der Waals surface area (Å²) in [4.78, 5) is 9.33. The smallest absolute Gasteiger partial charge is 0.224 e. The van der Waals surface area contributed by atoms with Gasteiger partial charge in [-0.2, -0.15) is 9.78 Å². The van der Waals surface area contributed by atoms with Gasteiger partial charge >= 0.3 is 0 Å². The number of nitrogens with two attached hydrogens (primary N) is 1. The first-order valence-electron chi connectivity index (χ1n) is 7.28. The van der Waals surface area contributed by atoms with E-state index in [2.05, 4.69) is 31.0 Å². The maximum Gasteiger partial charge on any atom is 0.224 e. The van der Waals surface area contributed by atoms with Gasteiger partial charge in [-0.1, -0.05) is 0 Å². The quantitative estimate of drug-likeness (QED) is 0.139. The monoisotopic (exact) mass is 275 g/mol. The minimum Gasteiger partial charge on any atom is -0.329 e. The Balaban J connectivity index is 1.60. The van der Waals surface area contributed by atoms with Crippen LogP contribution < -0.4 is 27.0 Å². The second-order valence-electron chi connectivity index (χ2n) is 4.55. The van der Waals surface area contributed by atoms with Gasteiger partial charge in [0.1, 0.15) is 0 Å². The molecule has 114 valence electrons. The van der Waals surface area contributed by atoms with Gasteiger partial charge in [0, 0.05) is 58.8 Å². The molecular formula is C12H29N5O2. The van der Waals surface area contributed by atoms with Crippen LogP contribution in [-0.4, -0.2) is 65.2 Å². The maximum absolute atomic E-state index is 5.37. The van der Waals surface area contributed by atoms with Crippen molar-refractivity contribution < 1.29 is 9.78 Å². The summed E-state index contributed by atoms with van der Waals surface area (Å²) in [7, 11) is 0. The Morgan fingerprint density at radius 2 is 1.16 bits per heavy atom. The highest BCUT2D eigenvalue weighted by molar-refractivity contribution is 4.57. The van der Waals surface area contributed by atoms with Crippen molar-refractivity contribution in [3.05, 3.63) is 0 Å². The zero-order chi connectivity index (χ0) is 13.6.